The Balaban J connectivity index is 1.92. The van der Waals surface area contributed by atoms with Crippen LogP contribution in [0.4, 0.5) is 0 Å². The van der Waals surface area contributed by atoms with Crippen molar-refractivity contribution in [2.45, 2.75) is 52.2 Å². The molecule has 0 spiro atoms. The van der Waals surface area contributed by atoms with Crippen LogP contribution >= 0.6 is 0 Å². The van der Waals surface area contributed by atoms with Crippen LogP contribution in [-0.4, -0.2) is 45.3 Å². The molecule has 0 atom stereocenters. The molecule has 1 aromatic carbocycles. The van der Waals surface area contributed by atoms with Gasteiger partial charge in [0.25, 0.3) is 0 Å². The number of imidazole rings is 1. The van der Waals surface area contributed by atoms with Crippen LogP contribution in [0, 0.1) is 5.41 Å². The van der Waals surface area contributed by atoms with Crippen molar-refractivity contribution in [2.24, 2.45) is 5.41 Å². The van der Waals surface area contributed by atoms with Gasteiger partial charge in [-0.05, 0) is 31.7 Å². The second kappa shape index (κ2) is 6.93. The van der Waals surface area contributed by atoms with E-state index >= 15 is 0 Å². The van der Waals surface area contributed by atoms with E-state index in [1.165, 1.54) is 5.69 Å². The van der Waals surface area contributed by atoms with Crippen molar-refractivity contribution in [3.63, 3.8) is 0 Å². The summed E-state index contributed by atoms with van der Waals surface area (Å²) in [5.41, 5.74) is 2.96. The Bertz CT molecular complexity index is 692. The van der Waals surface area contributed by atoms with Crippen molar-refractivity contribution >= 4 is 0 Å². The number of piperidine rings is 1. The first-order valence-corrected chi connectivity index (χ1v) is 9.26. The summed E-state index contributed by atoms with van der Waals surface area (Å²) < 4.78 is 2.19. The quantitative estimate of drug-likeness (QED) is 0.924. The third-order valence-electron chi connectivity index (χ3n) is 5.07. The van der Waals surface area contributed by atoms with Gasteiger partial charge < -0.3 is 14.6 Å². The molecule has 4 heteroatoms. The molecule has 1 aliphatic heterocycles. The van der Waals surface area contributed by atoms with E-state index in [4.69, 9.17) is 4.98 Å². The Hall–Kier alpha value is -1.65. The van der Waals surface area contributed by atoms with Crippen molar-refractivity contribution in [1.29, 1.82) is 0 Å². The minimum atomic E-state index is -0.631. The maximum atomic E-state index is 11.1. The van der Waals surface area contributed by atoms with Crippen molar-refractivity contribution < 1.29 is 5.11 Å². The molecule has 0 saturated carbocycles. The van der Waals surface area contributed by atoms with Crippen molar-refractivity contribution in [3.05, 3.63) is 42.4 Å². The van der Waals surface area contributed by atoms with Crippen LogP contribution in [0.3, 0.4) is 0 Å². The highest BCUT2D eigenvalue weighted by Crippen LogP contribution is 2.31. The second-order valence-electron chi connectivity index (χ2n) is 8.80. The van der Waals surface area contributed by atoms with Gasteiger partial charge in [0.2, 0.25) is 0 Å². The average molecular weight is 341 g/mol. The third kappa shape index (κ3) is 4.50. The lowest BCUT2D eigenvalue weighted by molar-refractivity contribution is -0.0297. The van der Waals surface area contributed by atoms with E-state index in [2.05, 4.69) is 61.6 Å². The number of hydrogen-bond acceptors (Lipinski definition) is 3. The fourth-order valence-corrected chi connectivity index (χ4v) is 3.58. The molecule has 25 heavy (non-hydrogen) atoms. The van der Waals surface area contributed by atoms with Gasteiger partial charge in [-0.3, -0.25) is 0 Å². The molecule has 0 aliphatic carbocycles. The molecule has 1 N–H and O–H groups in total. The zero-order chi connectivity index (χ0) is 18.1. The largest absolute Gasteiger partial charge is 0.388 e. The van der Waals surface area contributed by atoms with Crippen molar-refractivity contribution in [2.75, 3.05) is 20.1 Å². The van der Waals surface area contributed by atoms with Gasteiger partial charge in [-0.1, -0.05) is 51.1 Å². The fraction of sp³-hybridized carbons (Fsp3) is 0.571. The molecule has 0 unspecified atom stereocenters. The molecule has 2 heterocycles. The van der Waals surface area contributed by atoms with Crippen molar-refractivity contribution in [1.82, 2.24) is 14.5 Å². The summed E-state index contributed by atoms with van der Waals surface area (Å²) in [5.74, 6) is 0. The topological polar surface area (TPSA) is 41.3 Å². The molecule has 0 radical (unpaired) electrons. The summed E-state index contributed by atoms with van der Waals surface area (Å²) >= 11 is 0. The van der Waals surface area contributed by atoms with Crippen LogP contribution in [0.15, 0.2) is 36.7 Å². The lowest BCUT2D eigenvalue weighted by Crippen LogP contribution is -2.45. The van der Waals surface area contributed by atoms with E-state index in [0.717, 1.165) is 43.6 Å². The molecular weight excluding hydrogens is 310 g/mol. The summed E-state index contributed by atoms with van der Waals surface area (Å²) in [6.07, 6.45) is 4.49. The van der Waals surface area contributed by atoms with Gasteiger partial charge in [0, 0.05) is 24.3 Å². The van der Waals surface area contributed by atoms with Crippen LogP contribution in [-0.2, 0) is 13.0 Å². The summed E-state index contributed by atoms with van der Waals surface area (Å²) in [6.45, 7) is 9.29. The van der Waals surface area contributed by atoms with Gasteiger partial charge in [0.05, 0.1) is 24.2 Å². The standard InChI is InChI=1S/C21H31N3O/c1-20(2,3)14-18-19(17-8-6-5-7-9-17)22-16-24(18)15-21(25)10-12-23(4)13-11-21/h5-9,16,25H,10-15H2,1-4H3. The number of nitrogens with zero attached hydrogens (tertiary/aromatic N) is 3. The predicted octanol–water partition coefficient (Wildman–Crippen LogP) is 3.60. The highest BCUT2D eigenvalue weighted by Gasteiger charge is 2.33. The maximum Gasteiger partial charge on any atom is 0.0957 e. The maximum absolute atomic E-state index is 11.1. The Morgan fingerprint density at radius 1 is 1.12 bits per heavy atom. The number of aliphatic hydroxyl groups is 1. The second-order valence-corrected chi connectivity index (χ2v) is 8.80. The van der Waals surface area contributed by atoms with E-state index in [-0.39, 0.29) is 5.41 Å². The van der Waals surface area contributed by atoms with Crippen molar-refractivity contribution in [3.8, 4) is 11.3 Å². The number of rotatable bonds is 4. The van der Waals surface area contributed by atoms with Crippen LogP contribution in [0.5, 0.6) is 0 Å². The Morgan fingerprint density at radius 3 is 2.36 bits per heavy atom. The van der Waals surface area contributed by atoms with Crippen LogP contribution in [0.25, 0.3) is 11.3 Å². The lowest BCUT2D eigenvalue weighted by Gasteiger charge is -2.37. The van der Waals surface area contributed by atoms with E-state index in [1.807, 2.05) is 12.4 Å². The fourth-order valence-electron chi connectivity index (χ4n) is 3.58. The van der Waals surface area contributed by atoms with E-state index < -0.39 is 5.60 Å². The monoisotopic (exact) mass is 341 g/mol. The Kier molecular flexibility index (Phi) is 5.03. The van der Waals surface area contributed by atoms with Gasteiger partial charge >= 0.3 is 0 Å². The molecule has 1 fully saturated rings. The van der Waals surface area contributed by atoms with Gasteiger partial charge in [0.15, 0.2) is 0 Å². The molecule has 136 valence electrons. The predicted molar refractivity (Wildman–Crippen MR) is 103 cm³/mol. The minimum absolute atomic E-state index is 0.163. The number of hydrogen-bond donors (Lipinski definition) is 1. The molecule has 0 bridgehead atoms. The first-order valence-electron chi connectivity index (χ1n) is 9.26. The zero-order valence-corrected chi connectivity index (χ0v) is 16.0. The summed E-state index contributed by atoms with van der Waals surface area (Å²) in [6, 6.07) is 10.4. The molecular formula is C21H31N3O. The van der Waals surface area contributed by atoms with E-state index in [1.54, 1.807) is 0 Å². The van der Waals surface area contributed by atoms with Gasteiger partial charge in [-0.25, -0.2) is 4.98 Å². The molecule has 1 saturated heterocycles. The molecule has 2 aromatic rings. The van der Waals surface area contributed by atoms with Crippen LogP contribution < -0.4 is 0 Å². The Labute approximate surface area is 151 Å². The SMILES string of the molecule is CN1CCC(O)(Cn2cnc(-c3ccccc3)c2CC(C)(C)C)CC1. The average Bonchev–Trinajstić information content (AvgIpc) is 2.92. The van der Waals surface area contributed by atoms with Gasteiger partial charge in [0.1, 0.15) is 0 Å². The van der Waals surface area contributed by atoms with E-state index in [9.17, 15) is 5.11 Å². The highest BCUT2D eigenvalue weighted by molar-refractivity contribution is 5.62. The minimum Gasteiger partial charge on any atom is -0.388 e. The normalized spacial score (nSPS) is 18.4. The lowest BCUT2D eigenvalue weighted by atomic mass is 9.88. The Morgan fingerprint density at radius 2 is 1.76 bits per heavy atom. The number of aromatic nitrogens is 2. The first kappa shape index (κ1) is 18.2. The first-order chi connectivity index (χ1) is 11.8. The van der Waals surface area contributed by atoms with E-state index in [0.29, 0.717) is 6.54 Å². The summed E-state index contributed by atoms with van der Waals surface area (Å²) in [7, 11) is 2.12. The highest BCUT2D eigenvalue weighted by atomic mass is 16.3. The van der Waals surface area contributed by atoms with Gasteiger partial charge in [-0.15, -0.1) is 0 Å². The smallest absolute Gasteiger partial charge is 0.0957 e. The third-order valence-corrected chi connectivity index (χ3v) is 5.07. The zero-order valence-electron chi connectivity index (χ0n) is 16.0. The summed E-state index contributed by atoms with van der Waals surface area (Å²) in [4.78, 5) is 7.01. The molecule has 1 aromatic heterocycles. The molecule has 0 amide bonds. The van der Waals surface area contributed by atoms with Gasteiger partial charge in [-0.2, -0.15) is 0 Å². The number of benzene rings is 1. The summed E-state index contributed by atoms with van der Waals surface area (Å²) in [5, 5.41) is 11.1. The molecule has 3 rings (SSSR count). The van der Waals surface area contributed by atoms with Crippen LogP contribution in [0.2, 0.25) is 0 Å². The molecule has 4 nitrogen and oxygen atoms in total. The molecule has 1 aliphatic rings. The van der Waals surface area contributed by atoms with Crippen LogP contribution in [0.1, 0.15) is 39.3 Å². The number of likely N-dealkylation sites (tertiary alicyclic amines) is 1.